The van der Waals surface area contributed by atoms with E-state index in [2.05, 4.69) is 17.6 Å². The Labute approximate surface area is 162 Å². The smallest absolute Gasteiger partial charge is 0.258 e. The number of carbonyl (C=O) groups excluding carboxylic acids is 1. The SMILES string of the molecule is CCCCOc1cccc(NC(=S)NC(=O)c2ccc(Cl)cc2Cl)c1. The molecule has 0 unspecified atom stereocenters. The number of halogens is 2. The van der Waals surface area contributed by atoms with Gasteiger partial charge in [0.2, 0.25) is 0 Å². The first-order chi connectivity index (χ1) is 12.0. The Morgan fingerprint density at radius 1 is 1.20 bits per heavy atom. The van der Waals surface area contributed by atoms with Gasteiger partial charge in [-0.25, -0.2) is 0 Å². The Balaban J connectivity index is 1.95. The fourth-order valence-electron chi connectivity index (χ4n) is 2.00. The molecule has 25 heavy (non-hydrogen) atoms. The van der Waals surface area contributed by atoms with Crippen molar-refractivity contribution in [3.8, 4) is 5.75 Å². The largest absolute Gasteiger partial charge is 0.494 e. The fourth-order valence-corrected chi connectivity index (χ4v) is 2.71. The van der Waals surface area contributed by atoms with E-state index in [4.69, 9.17) is 40.2 Å². The van der Waals surface area contributed by atoms with Crippen LogP contribution in [0.3, 0.4) is 0 Å². The van der Waals surface area contributed by atoms with Crippen molar-refractivity contribution in [2.45, 2.75) is 19.8 Å². The Hall–Kier alpha value is -1.82. The Morgan fingerprint density at radius 2 is 2.00 bits per heavy atom. The maximum absolute atomic E-state index is 12.2. The topological polar surface area (TPSA) is 50.4 Å². The molecule has 2 N–H and O–H groups in total. The molecule has 0 aliphatic heterocycles. The van der Waals surface area contributed by atoms with Crippen LogP contribution in [0.1, 0.15) is 30.1 Å². The maximum Gasteiger partial charge on any atom is 0.258 e. The highest BCUT2D eigenvalue weighted by Gasteiger charge is 2.12. The fraction of sp³-hybridized carbons (Fsp3) is 0.222. The van der Waals surface area contributed by atoms with E-state index < -0.39 is 5.91 Å². The molecule has 0 aliphatic carbocycles. The third-order valence-corrected chi connectivity index (χ3v) is 4.01. The molecule has 0 heterocycles. The zero-order chi connectivity index (χ0) is 18.2. The van der Waals surface area contributed by atoms with Crippen LogP contribution >= 0.6 is 35.4 Å². The second-order valence-electron chi connectivity index (χ2n) is 5.26. The third-order valence-electron chi connectivity index (χ3n) is 3.26. The number of anilines is 1. The highest BCUT2D eigenvalue weighted by atomic mass is 35.5. The molecule has 7 heteroatoms. The van der Waals surface area contributed by atoms with Gasteiger partial charge in [0, 0.05) is 16.8 Å². The van der Waals surface area contributed by atoms with Crippen molar-refractivity contribution in [2.75, 3.05) is 11.9 Å². The number of nitrogens with one attached hydrogen (secondary N) is 2. The summed E-state index contributed by atoms with van der Waals surface area (Å²) in [5.74, 6) is 0.336. The van der Waals surface area contributed by atoms with Crippen LogP contribution in [0.25, 0.3) is 0 Å². The van der Waals surface area contributed by atoms with Crippen molar-refractivity contribution < 1.29 is 9.53 Å². The van der Waals surface area contributed by atoms with E-state index in [-0.39, 0.29) is 10.1 Å². The third kappa shape index (κ3) is 6.20. The average molecular weight is 397 g/mol. The lowest BCUT2D eigenvalue weighted by atomic mass is 10.2. The van der Waals surface area contributed by atoms with Gasteiger partial charge in [0.05, 0.1) is 17.2 Å². The quantitative estimate of drug-likeness (QED) is 0.513. The molecular weight excluding hydrogens is 379 g/mol. The lowest BCUT2D eigenvalue weighted by molar-refractivity contribution is 0.0978. The van der Waals surface area contributed by atoms with E-state index in [1.54, 1.807) is 12.1 Å². The summed E-state index contributed by atoms with van der Waals surface area (Å²) in [5, 5.41) is 6.44. The summed E-state index contributed by atoms with van der Waals surface area (Å²) in [6, 6.07) is 12.0. The van der Waals surface area contributed by atoms with E-state index >= 15 is 0 Å². The maximum atomic E-state index is 12.2. The average Bonchev–Trinajstić information content (AvgIpc) is 2.55. The summed E-state index contributed by atoms with van der Waals surface area (Å²) in [4.78, 5) is 12.2. The minimum atomic E-state index is -0.408. The lowest BCUT2D eigenvalue weighted by Crippen LogP contribution is -2.34. The molecule has 0 atom stereocenters. The first-order valence-electron chi connectivity index (χ1n) is 7.80. The monoisotopic (exact) mass is 396 g/mol. The van der Waals surface area contributed by atoms with Gasteiger partial charge < -0.3 is 10.1 Å². The lowest BCUT2D eigenvalue weighted by Gasteiger charge is -2.12. The molecule has 0 aliphatic rings. The molecule has 0 spiro atoms. The van der Waals surface area contributed by atoms with Crippen LogP contribution < -0.4 is 15.4 Å². The molecule has 132 valence electrons. The Bertz CT molecular complexity index is 768. The summed E-state index contributed by atoms with van der Waals surface area (Å²) in [6.45, 7) is 2.77. The second-order valence-corrected chi connectivity index (χ2v) is 6.51. The Kier molecular flexibility index (Phi) is 7.50. The standard InChI is InChI=1S/C18H18Cl2N2O2S/c1-2-3-9-24-14-6-4-5-13(11-14)21-18(25)22-17(23)15-8-7-12(19)10-16(15)20/h4-8,10-11H,2-3,9H2,1H3,(H2,21,22,23,25). The molecule has 2 aromatic rings. The van der Waals surface area contributed by atoms with Crippen LogP contribution in [-0.2, 0) is 0 Å². The van der Waals surface area contributed by atoms with Crippen LogP contribution in [0.4, 0.5) is 5.69 Å². The van der Waals surface area contributed by atoms with Gasteiger partial charge in [0.25, 0.3) is 5.91 Å². The van der Waals surface area contributed by atoms with Gasteiger partial charge in [-0.3, -0.25) is 10.1 Å². The number of carbonyl (C=O) groups is 1. The van der Waals surface area contributed by atoms with E-state index in [9.17, 15) is 4.79 Å². The zero-order valence-corrected chi connectivity index (χ0v) is 16.0. The zero-order valence-electron chi connectivity index (χ0n) is 13.6. The van der Waals surface area contributed by atoms with Gasteiger partial charge in [0.15, 0.2) is 5.11 Å². The normalized spacial score (nSPS) is 10.2. The summed E-state index contributed by atoms with van der Waals surface area (Å²) in [6.07, 6.45) is 2.06. The predicted octanol–water partition coefficient (Wildman–Crippen LogP) is 5.30. The molecule has 1 amide bonds. The highest BCUT2D eigenvalue weighted by Crippen LogP contribution is 2.21. The van der Waals surface area contributed by atoms with Crippen molar-refractivity contribution in [3.05, 3.63) is 58.1 Å². The van der Waals surface area contributed by atoms with Gasteiger partial charge in [-0.05, 0) is 49.0 Å². The van der Waals surface area contributed by atoms with Gasteiger partial charge in [0.1, 0.15) is 5.75 Å². The second kappa shape index (κ2) is 9.61. The first kappa shape index (κ1) is 19.5. The molecule has 0 fully saturated rings. The predicted molar refractivity (Wildman–Crippen MR) is 107 cm³/mol. The minimum Gasteiger partial charge on any atom is -0.494 e. The van der Waals surface area contributed by atoms with Crippen LogP contribution in [0.15, 0.2) is 42.5 Å². The highest BCUT2D eigenvalue weighted by molar-refractivity contribution is 7.80. The van der Waals surface area contributed by atoms with Crippen molar-refractivity contribution in [1.29, 1.82) is 0 Å². The van der Waals surface area contributed by atoms with Crippen LogP contribution in [0, 0.1) is 0 Å². The summed E-state index contributed by atoms with van der Waals surface area (Å²) < 4.78 is 5.65. The van der Waals surface area contributed by atoms with Crippen molar-refractivity contribution in [2.24, 2.45) is 0 Å². The molecule has 2 aromatic carbocycles. The molecule has 4 nitrogen and oxygen atoms in total. The number of amides is 1. The van der Waals surface area contributed by atoms with Gasteiger partial charge in [-0.2, -0.15) is 0 Å². The van der Waals surface area contributed by atoms with E-state index in [1.165, 1.54) is 6.07 Å². The van der Waals surface area contributed by atoms with Crippen LogP contribution in [0.2, 0.25) is 10.0 Å². The molecule has 2 rings (SSSR count). The van der Waals surface area contributed by atoms with E-state index in [0.717, 1.165) is 24.3 Å². The van der Waals surface area contributed by atoms with Crippen LogP contribution in [0.5, 0.6) is 5.75 Å². The van der Waals surface area contributed by atoms with Crippen molar-refractivity contribution in [3.63, 3.8) is 0 Å². The first-order valence-corrected chi connectivity index (χ1v) is 8.96. The van der Waals surface area contributed by atoms with Crippen molar-refractivity contribution in [1.82, 2.24) is 5.32 Å². The Morgan fingerprint density at radius 3 is 2.72 bits per heavy atom. The number of rotatable bonds is 6. The van der Waals surface area contributed by atoms with E-state index in [0.29, 0.717) is 17.2 Å². The van der Waals surface area contributed by atoms with Gasteiger partial charge in [-0.15, -0.1) is 0 Å². The van der Waals surface area contributed by atoms with Gasteiger partial charge in [-0.1, -0.05) is 42.6 Å². The summed E-state index contributed by atoms with van der Waals surface area (Å²) in [7, 11) is 0. The van der Waals surface area contributed by atoms with Crippen molar-refractivity contribution >= 4 is 52.1 Å². The molecule has 0 saturated carbocycles. The molecule has 0 saturated heterocycles. The van der Waals surface area contributed by atoms with Gasteiger partial charge >= 0.3 is 0 Å². The number of hydrogen-bond acceptors (Lipinski definition) is 3. The summed E-state index contributed by atoms with van der Waals surface area (Å²) >= 11 is 17.0. The number of hydrogen-bond donors (Lipinski definition) is 2. The molecular formula is C18H18Cl2N2O2S. The molecule has 0 aromatic heterocycles. The molecule has 0 bridgehead atoms. The number of thiocarbonyl (C=S) groups is 1. The number of benzene rings is 2. The summed E-state index contributed by atoms with van der Waals surface area (Å²) in [5.41, 5.74) is 1.02. The van der Waals surface area contributed by atoms with E-state index in [1.807, 2.05) is 24.3 Å². The minimum absolute atomic E-state index is 0.168. The van der Waals surface area contributed by atoms with Crippen LogP contribution in [-0.4, -0.2) is 17.6 Å². The number of unbranched alkanes of at least 4 members (excludes halogenated alkanes) is 1. The molecule has 0 radical (unpaired) electrons. The number of ether oxygens (including phenoxy) is 1.